The van der Waals surface area contributed by atoms with Crippen molar-refractivity contribution in [2.75, 3.05) is 46.4 Å². The topological polar surface area (TPSA) is 77.6 Å². The number of rotatable bonds is 23. The quantitative estimate of drug-likeness (QED) is 0.0429. The van der Waals surface area contributed by atoms with Crippen LogP contribution < -0.4 is 26.0 Å². The Morgan fingerprint density at radius 1 is 0.778 bits per heavy atom. The van der Waals surface area contributed by atoms with E-state index in [1.807, 2.05) is 0 Å². The summed E-state index contributed by atoms with van der Waals surface area (Å²) in [6.45, 7) is 17.6. The van der Waals surface area contributed by atoms with E-state index >= 15 is 0 Å². The molecule has 5 N–H and O–H groups in total. The van der Waals surface area contributed by atoms with Crippen LogP contribution in [0.5, 0.6) is 5.75 Å². The second kappa shape index (κ2) is 20.5. The minimum atomic E-state index is -0.0870. The molecular formula is C47H81IN4O2. The number of methoxy groups -OCH3 is 1. The number of hydrogen-bond donors (Lipinski definition) is 5. The lowest BCUT2D eigenvalue weighted by Gasteiger charge is -2.62. The maximum atomic E-state index is 11.9. The first-order valence-corrected chi connectivity index (χ1v) is 24.2. The molecule has 5 aliphatic rings. The molecule has 10 atom stereocenters. The smallest absolute Gasteiger partial charge is 0.122 e. The predicted molar refractivity (Wildman–Crippen MR) is 236 cm³/mol. The highest BCUT2D eigenvalue weighted by atomic mass is 127. The summed E-state index contributed by atoms with van der Waals surface area (Å²) < 4.78 is 6.36. The molecule has 308 valence electrons. The zero-order valence-corrected chi connectivity index (χ0v) is 37.4. The maximum absolute atomic E-state index is 11.9. The fourth-order valence-electron chi connectivity index (χ4n) is 12.4. The minimum Gasteiger partial charge on any atom is -0.496 e. The monoisotopic (exact) mass is 861 g/mol. The molecule has 0 spiro atoms. The fourth-order valence-corrected chi connectivity index (χ4v) is 14.0. The Hall–Kier alpha value is -0.450. The number of aliphatic hydroxyl groups excluding tert-OH is 1. The van der Waals surface area contributed by atoms with Gasteiger partial charge in [0.2, 0.25) is 0 Å². The third-order valence-electron chi connectivity index (χ3n) is 15.7. The molecule has 9 unspecified atom stereocenters. The lowest BCUT2D eigenvalue weighted by Crippen LogP contribution is -2.59. The van der Waals surface area contributed by atoms with Crippen molar-refractivity contribution < 1.29 is 9.84 Å². The summed E-state index contributed by atoms with van der Waals surface area (Å²) in [5, 5.41) is 26.8. The van der Waals surface area contributed by atoms with E-state index < -0.39 is 0 Å². The van der Waals surface area contributed by atoms with E-state index in [0.29, 0.717) is 34.6 Å². The summed E-state index contributed by atoms with van der Waals surface area (Å²) in [4.78, 5) is 0. The van der Waals surface area contributed by atoms with Crippen molar-refractivity contribution >= 4 is 22.6 Å². The standard InChI is InChI=1S/C47H81IN4O2/c1-33(2)11-8-12-42(48)39-16-17-40-45-41(20-22-47(39,40)4)46(3)21-19-37(30-36(46)31-43(45)53)52-28-10-26-50-24-7-6-23-49-25-9-27-51-32-34-13-18-44(54-5)38(29-34)35-14-15-35/h13,18,29,33,35-37,39-43,45,49-53H,6-12,14-17,19-28,30-32H2,1-5H3/t36?,37?,39-,40?,41?,42?,43?,45?,46?,47?/m1/s1. The molecule has 1 aromatic carbocycles. The van der Waals surface area contributed by atoms with Gasteiger partial charge < -0.3 is 31.1 Å². The van der Waals surface area contributed by atoms with Gasteiger partial charge in [0.15, 0.2) is 0 Å². The molecule has 0 aromatic heterocycles. The summed E-state index contributed by atoms with van der Waals surface area (Å²) in [5.41, 5.74) is 3.63. The van der Waals surface area contributed by atoms with E-state index in [9.17, 15) is 5.11 Å². The van der Waals surface area contributed by atoms with Crippen LogP contribution in [0.3, 0.4) is 0 Å². The molecule has 0 saturated heterocycles. The van der Waals surface area contributed by atoms with Gasteiger partial charge in [-0.1, -0.05) is 75.3 Å². The van der Waals surface area contributed by atoms with E-state index in [1.165, 1.54) is 107 Å². The number of ether oxygens (including phenoxy) is 1. The number of aliphatic hydroxyl groups is 1. The Morgan fingerprint density at radius 2 is 1.46 bits per heavy atom. The number of nitrogens with one attached hydrogen (secondary N) is 4. The molecule has 1 aromatic rings. The first kappa shape index (κ1) is 43.1. The number of halogens is 1. The average Bonchev–Trinajstić information content (AvgIpc) is 3.94. The molecule has 0 bridgehead atoms. The zero-order chi connectivity index (χ0) is 38.1. The third kappa shape index (κ3) is 10.8. The molecule has 7 heteroatoms. The number of unbranched alkanes of at least 4 members (excludes halogenated alkanes) is 1. The van der Waals surface area contributed by atoms with Gasteiger partial charge in [-0.05, 0) is 205 Å². The van der Waals surface area contributed by atoms with Crippen molar-refractivity contribution in [3.63, 3.8) is 0 Å². The van der Waals surface area contributed by atoms with Crippen molar-refractivity contribution in [1.29, 1.82) is 0 Å². The van der Waals surface area contributed by atoms with Crippen LogP contribution in [0, 0.1) is 46.3 Å². The summed E-state index contributed by atoms with van der Waals surface area (Å²) in [7, 11) is 1.78. The van der Waals surface area contributed by atoms with Gasteiger partial charge in [-0.3, -0.25) is 0 Å². The van der Waals surface area contributed by atoms with Gasteiger partial charge in [-0.2, -0.15) is 0 Å². The lowest BCUT2D eigenvalue weighted by molar-refractivity contribution is -0.164. The zero-order valence-electron chi connectivity index (χ0n) is 35.2. The molecule has 0 amide bonds. The van der Waals surface area contributed by atoms with Gasteiger partial charge in [0.25, 0.3) is 0 Å². The second-order valence-corrected chi connectivity index (χ2v) is 21.3. The highest BCUT2D eigenvalue weighted by molar-refractivity contribution is 14.1. The molecule has 5 aliphatic carbocycles. The molecule has 6 nitrogen and oxygen atoms in total. The minimum absolute atomic E-state index is 0.0870. The summed E-state index contributed by atoms with van der Waals surface area (Å²) in [6, 6.07) is 7.32. The largest absolute Gasteiger partial charge is 0.496 e. The first-order chi connectivity index (χ1) is 26.1. The van der Waals surface area contributed by atoms with Gasteiger partial charge in [-0.25, -0.2) is 0 Å². The highest BCUT2D eigenvalue weighted by Gasteiger charge is 2.63. The fraction of sp³-hybridized carbons (Fsp3) is 0.872. The van der Waals surface area contributed by atoms with Crippen molar-refractivity contribution in [1.82, 2.24) is 21.3 Å². The van der Waals surface area contributed by atoms with Gasteiger partial charge in [-0.15, -0.1) is 0 Å². The van der Waals surface area contributed by atoms with Gasteiger partial charge >= 0.3 is 0 Å². The predicted octanol–water partition coefficient (Wildman–Crippen LogP) is 9.62. The van der Waals surface area contributed by atoms with Crippen LogP contribution in [-0.2, 0) is 6.54 Å². The molecule has 5 saturated carbocycles. The Bertz CT molecular complexity index is 1280. The molecule has 0 aliphatic heterocycles. The highest BCUT2D eigenvalue weighted by Crippen LogP contribution is 2.68. The van der Waals surface area contributed by atoms with Crippen molar-refractivity contribution in [3.8, 4) is 5.75 Å². The van der Waals surface area contributed by atoms with Crippen LogP contribution in [0.2, 0.25) is 0 Å². The van der Waals surface area contributed by atoms with Crippen LogP contribution >= 0.6 is 22.6 Å². The van der Waals surface area contributed by atoms with E-state index in [-0.39, 0.29) is 6.10 Å². The second-order valence-electron chi connectivity index (χ2n) is 19.7. The molecule has 54 heavy (non-hydrogen) atoms. The van der Waals surface area contributed by atoms with Crippen LogP contribution in [0.1, 0.15) is 154 Å². The van der Waals surface area contributed by atoms with Gasteiger partial charge in [0, 0.05) is 16.5 Å². The molecular weight excluding hydrogens is 779 g/mol. The molecule has 6 rings (SSSR count). The summed E-state index contributed by atoms with van der Waals surface area (Å²) in [6.07, 6.45) is 22.0. The van der Waals surface area contributed by atoms with Gasteiger partial charge in [0.1, 0.15) is 5.75 Å². The number of fused-ring (bicyclic) bond motifs is 5. The summed E-state index contributed by atoms with van der Waals surface area (Å²) >= 11 is 2.83. The van der Waals surface area contributed by atoms with Crippen molar-refractivity contribution in [2.24, 2.45) is 46.3 Å². The third-order valence-corrected chi connectivity index (χ3v) is 17.2. The normalized spacial score (nSPS) is 34.0. The SMILES string of the molecule is COc1ccc(CNCCCNCCCCNCCCNC2CCC3(C)C(C2)CC(O)C2C3CCC3(C)C2CC[C@@H]3C(I)CCCC(C)C)cc1C1CC1. The van der Waals surface area contributed by atoms with E-state index in [0.717, 1.165) is 92.0 Å². The van der Waals surface area contributed by atoms with Crippen LogP contribution in [-0.4, -0.2) is 67.6 Å². The van der Waals surface area contributed by atoms with Crippen LogP contribution in [0.25, 0.3) is 0 Å². The Morgan fingerprint density at radius 3 is 2.19 bits per heavy atom. The Labute approximate surface area is 345 Å². The van der Waals surface area contributed by atoms with E-state index in [2.05, 4.69) is 89.8 Å². The number of benzene rings is 1. The number of alkyl halides is 1. The number of hydrogen-bond acceptors (Lipinski definition) is 6. The van der Waals surface area contributed by atoms with Crippen molar-refractivity contribution in [2.45, 2.75) is 165 Å². The first-order valence-electron chi connectivity index (χ1n) is 23.0. The lowest BCUT2D eigenvalue weighted by atomic mass is 9.44. The maximum Gasteiger partial charge on any atom is 0.122 e. The van der Waals surface area contributed by atoms with Crippen LogP contribution in [0.15, 0.2) is 18.2 Å². The summed E-state index contributed by atoms with van der Waals surface area (Å²) in [5.74, 6) is 6.12. The molecule has 0 heterocycles. The Kier molecular flexibility index (Phi) is 16.4. The molecule has 0 radical (unpaired) electrons. The van der Waals surface area contributed by atoms with Crippen LogP contribution in [0.4, 0.5) is 0 Å². The average molecular weight is 861 g/mol. The van der Waals surface area contributed by atoms with E-state index in [1.54, 1.807) is 7.11 Å². The van der Waals surface area contributed by atoms with E-state index in [4.69, 9.17) is 4.74 Å². The Balaban J connectivity index is 0.790. The molecule has 5 fully saturated rings. The van der Waals surface area contributed by atoms with Crippen molar-refractivity contribution in [3.05, 3.63) is 29.3 Å². The van der Waals surface area contributed by atoms with Gasteiger partial charge in [0.05, 0.1) is 13.2 Å².